The van der Waals surface area contributed by atoms with E-state index in [4.69, 9.17) is 0 Å². The summed E-state index contributed by atoms with van der Waals surface area (Å²) in [7, 11) is 0. The number of para-hydroxylation sites is 2. The van der Waals surface area contributed by atoms with Crippen LogP contribution in [0.15, 0.2) is 29.3 Å². The van der Waals surface area contributed by atoms with Gasteiger partial charge in [-0.2, -0.15) is 0 Å². The fraction of sp³-hybridized carbons (Fsp3) is 0.100. The second-order valence-corrected chi connectivity index (χ2v) is 3.01. The van der Waals surface area contributed by atoms with Crippen molar-refractivity contribution in [2.75, 3.05) is 0 Å². The molecule has 3 rings (SSSR count). The topological polar surface area (TPSA) is 38.1 Å². The molecule has 0 atom stereocenters. The summed E-state index contributed by atoms with van der Waals surface area (Å²) >= 11 is 0. The molecular formula is C10H7N3. The maximum atomic E-state index is 4.47. The Morgan fingerprint density at radius 3 is 2.62 bits per heavy atom. The largest absolute Gasteiger partial charge is 0.284 e. The Labute approximate surface area is 75.2 Å². The zero-order valence-electron chi connectivity index (χ0n) is 6.94. The first kappa shape index (κ1) is 6.71. The number of benzene rings is 1. The highest BCUT2D eigenvalue weighted by Crippen LogP contribution is 2.15. The van der Waals surface area contributed by atoms with E-state index in [1.54, 1.807) is 6.21 Å². The Morgan fingerprint density at radius 1 is 1.00 bits per heavy atom. The number of hydrogen-bond donors (Lipinski definition) is 0. The lowest BCUT2D eigenvalue weighted by molar-refractivity contribution is 1.02. The van der Waals surface area contributed by atoms with Crippen molar-refractivity contribution < 1.29 is 0 Å². The highest BCUT2D eigenvalue weighted by molar-refractivity contribution is 5.85. The van der Waals surface area contributed by atoms with Crippen LogP contribution in [0.25, 0.3) is 11.0 Å². The van der Waals surface area contributed by atoms with Crippen LogP contribution in [0.1, 0.15) is 11.4 Å². The average molecular weight is 169 g/mol. The van der Waals surface area contributed by atoms with Crippen LogP contribution in [0.2, 0.25) is 0 Å². The maximum Gasteiger partial charge on any atom is 0.105 e. The van der Waals surface area contributed by atoms with Crippen molar-refractivity contribution in [1.29, 1.82) is 0 Å². The van der Waals surface area contributed by atoms with Gasteiger partial charge in [0.2, 0.25) is 0 Å². The van der Waals surface area contributed by atoms with Crippen LogP contribution in [-0.2, 0) is 6.54 Å². The molecule has 0 bridgehead atoms. The first-order valence-electron chi connectivity index (χ1n) is 4.19. The molecule has 62 valence electrons. The van der Waals surface area contributed by atoms with E-state index in [0.717, 1.165) is 22.4 Å². The van der Waals surface area contributed by atoms with Gasteiger partial charge >= 0.3 is 0 Å². The van der Waals surface area contributed by atoms with Crippen LogP contribution in [0.3, 0.4) is 0 Å². The second-order valence-electron chi connectivity index (χ2n) is 3.01. The maximum absolute atomic E-state index is 4.47. The summed E-state index contributed by atoms with van der Waals surface area (Å²) in [4.78, 5) is 13.0. The minimum absolute atomic E-state index is 0.674. The molecule has 0 saturated heterocycles. The van der Waals surface area contributed by atoms with Crippen molar-refractivity contribution in [3.8, 4) is 0 Å². The molecule has 3 nitrogen and oxygen atoms in total. The van der Waals surface area contributed by atoms with Crippen LogP contribution in [0.5, 0.6) is 0 Å². The van der Waals surface area contributed by atoms with Gasteiger partial charge in [0.1, 0.15) is 5.69 Å². The number of rotatable bonds is 0. The molecule has 1 aromatic heterocycles. The van der Waals surface area contributed by atoms with E-state index in [2.05, 4.69) is 15.0 Å². The number of aliphatic imine (C=N–C) groups is 1. The Bertz CT molecular complexity index is 502. The van der Waals surface area contributed by atoms with Crippen LogP contribution >= 0.6 is 0 Å². The summed E-state index contributed by atoms with van der Waals surface area (Å²) in [5, 5.41) is 0. The first-order chi connectivity index (χ1) is 6.43. The summed E-state index contributed by atoms with van der Waals surface area (Å²) in [5.74, 6) is 0. The lowest BCUT2D eigenvalue weighted by Gasteiger charge is -1.98. The van der Waals surface area contributed by atoms with Gasteiger partial charge in [0.15, 0.2) is 0 Å². The van der Waals surface area contributed by atoms with Crippen molar-refractivity contribution in [3.05, 3.63) is 35.7 Å². The van der Waals surface area contributed by atoms with Gasteiger partial charge in [-0.3, -0.25) is 4.99 Å². The molecule has 3 heteroatoms. The third-order valence-corrected chi connectivity index (χ3v) is 2.13. The molecule has 2 heterocycles. The van der Waals surface area contributed by atoms with Gasteiger partial charge in [0.25, 0.3) is 0 Å². The number of fused-ring (bicyclic) bond motifs is 2. The van der Waals surface area contributed by atoms with Gasteiger partial charge in [-0.1, -0.05) is 12.1 Å². The van der Waals surface area contributed by atoms with E-state index < -0.39 is 0 Å². The second kappa shape index (κ2) is 2.36. The number of nitrogens with zero attached hydrogens (tertiary/aromatic N) is 3. The van der Waals surface area contributed by atoms with Gasteiger partial charge in [0, 0.05) is 6.21 Å². The summed E-state index contributed by atoms with van der Waals surface area (Å²) in [6.45, 7) is 0.674. The Hall–Kier alpha value is -1.77. The minimum Gasteiger partial charge on any atom is -0.284 e. The third kappa shape index (κ3) is 0.935. The summed E-state index contributed by atoms with van der Waals surface area (Å²) in [5.41, 5.74) is 3.79. The third-order valence-electron chi connectivity index (χ3n) is 2.13. The predicted molar refractivity (Wildman–Crippen MR) is 50.8 cm³/mol. The standard InChI is InChI=1S/C10H7N3/c1-2-4-8-7(3-1)12-9-5-11-6-10(9)13-8/h1-5H,6H2. The van der Waals surface area contributed by atoms with E-state index in [-0.39, 0.29) is 0 Å². The predicted octanol–water partition coefficient (Wildman–Crippen LogP) is 1.56. The van der Waals surface area contributed by atoms with Crippen molar-refractivity contribution >= 4 is 17.2 Å². The fourth-order valence-electron chi connectivity index (χ4n) is 1.49. The number of hydrogen-bond acceptors (Lipinski definition) is 3. The fourth-order valence-corrected chi connectivity index (χ4v) is 1.49. The molecule has 0 aliphatic carbocycles. The Balaban J connectivity index is 2.40. The molecule has 0 unspecified atom stereocenters. The van der Waals surface area contributed by atoms with E-state index in [1.807, 2.05) is 24.3 Å². The first-order valence-corrected chi connectivity index (χ1v) is 4.19. The monoisotopic (exact) mass is 169 g/mol. The van der Waals surface area contributed by atoms with E-state index in [1.165, 1.54) is 0 Å². The van der Waals surface area contributed by atoms with Crippen molar-refractivity contribution in [2.24, 2.45) is 4.99 Å². The molecule has 0 radical (unpaired) electrons. The molecule has 0 fully saturated rings. The van der Waals surface area contributed by atoms with Crippen molar-refractivity contribution in [1.82, 2.24) is 9.97 Å². The van der Waals surface area contributed by atoms with Gasteiger partial charge in [-0.25, -0.2) is 9.97 Å². The highest BCUT2D eigenvalue weighted by atomic mass is 14.9. The van der Waals surface area contributed by atoms with E-state index in [9.17, 15) is 0 Å². The smallest absolute Gasteiger partial charge is 0.105 e. The molecule has 0 amide bonds. The average Bonchev–Trinajstić information content (AvgIpc) is 2.61. The lowest BCUT2D eigenvalue weighted by Crippen LogP contribution is -1.94. The SMILES string of the molecule is C1=NCc2nc3ccccc3nc21. The van der Waals surface area contributed by atoms with Gasteiger partial charge in [-0.05, 0) is 12.1 Å². The summed E-state index contributed by atoms with van der Waals surface area (Å²) in [6.07, 6.45) is 1.79. The van der Waals surface area contributed by atoms with E-state index in [0.29, 0.717) is 6.54 Å². The number of aromatic nitrogens is 2. The zero-order chi connectivity index (χ0) is 8.67. The minimum atomic E-state index is 0.674. The lowest BCUT2D eigenvalue weighted by atomic mass is 10.2. The van der Waals surface area contributed by atoms with Crippen molar-refractivity contribution in [3.63, 3.8) is 0 Å². The summed E-state index contributed by atoms with van der Waals surface area (Å²) in [6, 6.07) is 7.88. The molecule has 0 spiro atoms. The highest BCUT2D eigenvalue weighted by Gasteiger charge is 2.09. The Kier molecular flexibility index (Phi) is 1.22. The van der Waals surface area contributed by atoms with Crippen molar-refractivity contribution in [2.45, 2.75) is 6.54 Å². The molecule has 0 N–H and O–H groups in total. The molecule has 1 aliphatic rings. The Morgan fingerprint density at radius 2 is 1.77 bits per heavy atom. The van der Waals surface area contributed by atoms with E-state index >= 15 is 0 Å². The van der Waals surface area contributed by atoms with Crippen LogP contribution in [0.4, 0.5) is 0 Å². The normalized spacial score (nSPS) is 13.5. The van der Waals surface area contributed by atoms with Crippen LogP contribution in [-0.4, -0.2) is 16.2 Å². The van der Waals surface area contributed by atoms with Crippen LogP contribution < -0.4 is 0 Å². The molecular weight excluding hydrogens is 162 g/mol. The molecule has 13 heavy (non-hydrogen) atoms. The molecule has 1 aliphatic heterocycles. The molecule has 2 aromatic rings. The quantitative estimate of drug-likeness (QED) is 0.600. The van der Waals surface area contributed by atoms with Gasteiger partial charge in [-0.15, -0.1) is 0 Å². The zero-order valence-corrected chi connectivity index (χ0v) is 6.94. The summed E-state index contributed by atoms with van der Waals surface area (Å²) < 4.78 is 0. The molecule has 0 saturated carbocycles. The van der Waals surface area contributed by atoms with Gasteiger partial charge < -0.3 is 0 Å². The van der Waals surface area contributed by atoms with Gasteiger partial charge in [0.05, 0.1) is 23.3 Å². The van der Waals surface area contributed by atoms with Crippen LogP contribution in [0, 0.1) is 0 Å². The molecule has 1 aromatic carbocycles.